The van der Waals surface area contributed by atoms with Crippen LogP contribution in [0.15, 0.2) is 42.5 Å². The fourth-order valence-electron chi connectivity index (χ4n) is 4.94. The van der Waals surface area contributed by atoms with Crippen molar-refractivity contribution in [1.82, 2.24) is 9.80 Å². The summed E-state index contributed by atoms with van der Waals surface area (Å²) in [6.45, 7) is 3.90. The molecule has 3 aliphatic heterocycles. The second kappa shape index (κ2) is 9.73. The van der Waals surface area contributed by atoms with E-state index in [0.29, 0.717) is 18.8 Å². The molecule has 5 rings (SSSR count). The normalized spacial score (nSPS) is 19.9. The van der Waals surface area contributed by atoms with Crippen LogP contribution in [0.4, 0.5) is 5.69 Å². The number of nitrogens with one attached hydrogen (secondary N) is 1. The highest BCUT2D eigenvalue weighted by Gasteiger charge is 2.30. The Bertz CT molecular complexity index is 1020. The van der Waals surface area contributed by atoms with Gasteiger partial charge in [-0.05, 0) is 61.6 Å². The third-order valence-corrected chi connectivity index (χ3v) is 6.68. The van der Waals surface area contributed by atoms with Gasteiger partial charge in [-0.3, -0.25) is 9.59 Å². The molecule has 0 bridgehead atoms. The summed E-state index contributed by atoms with van der Waals surface area (Å²) in [5, 5.41) is 3.23. The first-order valence-corrected chi connectivity index (χ1v) is 12.0. The zero-order valence-electron chi connectivity index (χ0n) is 18.9. The van der Waals surface area contributed by atoms with Gasteiger partial charge < -0.3 is 24.6 Å². The number of carbonyl (C=O) groups is 2. The average Bonchev–Trinajstić information content (AvgIpc) is 3.51. The van der Waals surface area contributed by atoms with Gasteiger partial charge in [-0.25, -0.2) is 0 Å². The van der Waals surface area contributed by atoms with E-state index in [-0.39, 0.29) is 24.4 Å². The van der Waals surface area contributed by atoms with Gasteiger partial charge in [0.05, 0.1) is 25.8 Å². The van der Waals surface area contributed by atoms with Crippen LogP contribution in [0.1, 0.15) is 54.1 Å². The molecular formula is C26H31N3O4. The maximum atomic E-state index is 13.1. The van der Waals surface area contributed by atoms with Crippen LogP contribution in [-0.2, 0) is 4.79 Å². The number of nitrogens with zero attached hydrogens (tertiary/aromatic N) is 2. The minimum Gasteiger partial charge on any atom is -0.490 e. The smallest absolute Gasteiger partial charge is 0.253 e. The van der Waals surface area contributed by atoms with Crippen LogP contribution in [0, 0.1) is 0 Å². The molecule has 3 heterocycles. The quantitative estimate of drug-likeness (QED) is 0.751. The Morgan fingerprint density at radius 3 is 2.58 bits per heavy atom. The summed E-state index contributed by atoms with van der Waals surface area (Å²) in [4.78, 5) is 29.6. The zero-order chi connectivity index (χ0) is 22.6. The van der Waals surface area contributed by atoms with E-state index < -0.39 is 0 Å². The van der Waals surface area contributed by atoms with E-state index in [1.807, 2.05) is 52.3 Å². The van der Waals surface area contributed by atoms with Gasteiger partial charge in [0.1, 0.15) is 0 Å². The highest BCUT2D eigenvalue weighted by molar-refractivity contribution is 5.95. The van der Waals surface area contributed by atoms with Gasteiger partial charge >= 0.3 is 0 Å². The van der Waals surface area contributed by atoms with Crippen LogP contribution < -0.4 is 14.8 Å². The monoisotopic (exact) mass is 449 g/mol. The van der Waals surface area contributed by atoms with Crippen molar-refractivity contribution in [2.45, 2.75) is 38.1 Å². The molecule has 7 nitrogen and oxygen atoms in total. The Morgan fingerprint density at radius 2 is 1.73 bits per heavy atom. The van der Waals surface area contributed by atoms with E-state index in [9.17, 15) is 9.59 Å². The minimum atomic E-state index is 0.0412. The summed E-state index contributed by atoms with van der Waals surface area (Å²) in [7, 11) is 0. The molecule has 33 heavy (non-hydrogen) atoms. The predicted octanol–water partition coefficient (Wildman–Crippen LogP) is 3.86. The third kappa shape index (κ3) is 4.77. The topological polar surface area (TPSA) is 71.1 Å². The van der Waals surface area contributed by atoms with Gasteiger partial charge in [0.15, 0.2) is 11.5 Å². The third-order valence-electron chi connectivity index (χ3n) is 6.68. The summed E-state index contributed by atoms with van der Waals surface area (Å²) in [6, 6.07) is 13.5. The molecule has 1 atom stereocenters. The van der Waals surface area contributed by atoms with Crippen LogP contribution in [0.2, 0.25) is 0 Å². The van der Waals surface area contributed by atoms with E-state index in [1.165, 1.54) is 0 Å². The molecule has 0 saturated carbocycles. The number of carbonyl (C=O) groups excluding carboxylic acids is 2. The molecule has 2 aromatic rings. The fraction of sp³-hybridized carbons (Fsp3) is 0.462. The van der Waals surface area contributed by atoms with Crippen molar-refractivity contribution >= 4 is 17.5 Å². The van der Waals surface area contributed by atoms with E-state index in [1.54, 1.807) is 0 Å². The lowest BCUT2D eigenvalue weighted by Crippen LogP contribution is -2.35. The summed E-state index contributed by atoms with van der Waals surface area (Å²) in [5.41, 5.74) is 2.55. The zero-order valence-corrected chi connectivity index (χ0v) is 18.9. The average molecular weight is 450 g/mol. The second-order valence-electron chi connectivity index (χ2n) is 8.94. The highest BCUT2D eigenvalue weighted by atomic mass is 16.5. The van der Waals surface area contributed by atoms with Gasteiger partial charge in [-0.15, -0.1) is 0 Å². The number of benzene rings is 2. The van der Waals surface area contributed by atoms with Crippen LogP contribution >= 0.6 is 0 Å². The first kappa shape index (κ1) is 21.6. The van der Waals surface area contributed by atoms with Crippen molar-refractivity contribution in [3.05, 3.63) is 53.6 Å². The van der Waals surface area contributed by atoms with E-state index in [2.05, 4.69) is 5.32 Å². The Kier molecular flexibility index (Phi) is 6.37. The van der Waals surface area contributed by atoms with Crippen molar-refractivity contribution < 1.29 is 19.1 Å². The number of fused-ring (bicyclic) bond motifs is 1. The van der Waals surface area contributed by atoms with E-state index >= 15 is 0 Å². The van der Waals surface area contributed by atoms with Crippen molar-refractivity contribution in [2.75, 3.05) is 44.7 Å². The molecule has 0 radical (unpaired) electrons. The van der Waals surface area contributed by atoms with Gasteiger partial charge in [-0.1, -0.05) is 12.1 Å². The number of anilines is 1. The molecule has 0 unspecified atom stereocenters. The Hall–Kier alpha value is -3.22. The summed E-state index contributed by atoms with van der Waals surface area (Å²) < 4.78 is 11.6. The Balaban J connectivity index is 1.23. The maximum Gasteiger partial charge on any atom is 0.253 e. The lowest BCUT2D eigenvalue weighted by molar-refractivity contribution is -0.130. The molecule has 0 spiro atoms. The van der Waals surface area contributed by atoms with Crippen molar-refractivity contribution in [3.8, 4) is 11.5 Å². The molecule has 2 saturated heterocycles. The predicted molar refractivity (Wildman–Crippen MR) is 126 cm³/mol. The number of rotatable bonds is 5. The standard InChI is InChI=1S/C26H31N3O4/c30-25(18-27-21-7-3-6-20(16-21)26(31)28-11-1-2-12-28)29-13-4-8-22(29)19-9-10-23-24(17-19)33-15-5-14-32-23/h3,6-7,9-10,16-17,22,27H,1-2,4-5,8,11-15,18H2/t22-/m0/s1. The minimum absolute atomic E-state index is 0.0412. The van der Waals surface area contributed by atoms with Crippen LogP contribution in [0.5, 0.6) is 11.5 Å². The second-order valence-corrected chi connectivity index (χ2v) is 8.94. The first-order valence-electron chi connectivity index (χ1n) is 12.0. The molecule has 7 heteroatoms. The van der Waals surface area contributed by atoms with Crippen LogP contribution in [-0.4, -0.2) is 61.0 Å². The lowest BCUT2D eigenvalue weighted by Gasteiger charge is -2.26. The number of hydrogen-bond acceptors (Lipinski definition) is 5. The number of ether oxygens (including phenoxy) is 2. The molecule has 2 fully saturated rings. The number of amides is 2. The summed E-state index contributed by atoms with van der Waals surface area (Å²) in [5.74, 6) is 1.66. The molecule has 0 aromatic heterocycles. The van der Waals surface area contributed by atoms with Crippen LogP contribution in [0.3, 0.4) is 0 Å². The maximum absolute atomic E-state index is 13.1. The summed E-state index contributed by atoms with van der Waals surface area (Å²) >= 11 is 0. The van der Waals surface area contributed by atoms with Crippen molar-refractivity contribution in [2.24, 2.45) is 0 Å². The van der Waals surface area contributed by atoms with E-state index in [0.717, 1.165) is 74.5 Å². The van der Waals surface area contributed by atoms with Gasteiger partial charge in [0, 0.05) is 37.3 Å². The van der Waals surface area contributed by atoms with Gasteiger partial charge in [0.25, 0.3) is 5.91 Å². The molecule has 2 amide bonds. The Morgan fingerprint density at radius 1 is 0.909 bits per heavy atom. The molecule has 174 valence electrons. The molecule has 2 aromatic carbocycles. The molecule has 1 N–H and O–H groups in total. The van der Waals surface area contributed by atoms with E-state index in [4.69, 9.17) is 9.47 Å². The molecular weight excluding hydrogens is 418 g/mol. The molecule has 0 aliphatic carbocycles. The number of likely N-dealkylation sites (tertiary alicyclic amines) is 2. The van der Waals surface area contributed by atoms with Crippen molar-refractivity contribution in [3.63, 3.8) is 0 Å². The SMILES string of the molecule is O=C(c1cccc(NCC(=O)N2CCC[C@H]2c2ccc3c(c2)OCCCO3)c1)N1CCCC1. The molecule has 3 aliphatic rings. The first-order chi connectivity index (χ1) is 16.2. The fourth-order valence-corrected chi connectivity index (χ4v) is 4.94. The Labute approximate surface area is 194 Å². The summed E-state index contributed by atoms with van der Waals surface area (Å²) in [6.07, 6.45) is 4.92. The highest BCUT2D eigenvalue weighted by Crippen LogP contribution is 2.38. The number of hydrogen-bond donors (Lipinski definition) is 1. The van der Waals surface area contributed by atoms with Gasteiger partial charge in [-0.2, -0.15) is 0 Å². The van der Waals surface area contributed by atoms with Crippen LogP contribution in [0.25, 0.3) is 0 Å². The largest absolute Gasteiger partial charge is 0.490 e. The van der Waals surface area contributed by atoms with Crippen molar-refractivity contribution in [1.29, 1.82) is 0 Å². The van der Waals surface area contributed by atoms with Gasteiger partial charge in [0.2, 0.25) is 5.91 Å². The lowest BCUT2D eigenvalue weighted by atomic mass is 10.0.